The number of halogens is 4. The summed E-state index contributed by atoms with van der Waals surface area (Å²) in [5.41, 5.74) is 2.00. The molecule has 0 atom stereocenters. The smallest absolute Gasteiger partial charge is 0.247 e. The van der Waals surface area contributed by atoms with E-state index in [0.29, 0.717) is 49.8 Å². The minimum Gasteiger partial charge on any atom is -0.420 e. The molecule has 6 nitrogen and oxygen atoms in total. The van der Waals surface area contributed by atoms with Crippen LogP contribution in [-0.4, -0.2) is 25.0 Å². The number of aromatic nitrogens is 5. The van der Waals surface area contributed by atoms with E-state index in [1.165, 1.54) is 23.9 Å². The molecule has 0 unspecified atom stereocenters. The molecule has 34 heavy (non-hydrogen) atoms. The number of thioether (sulfide) groups is 1. The van der Waals surface area contributed by atoms with Crippen molar-refractivity contribution in [2.75, 3.05) is 0 Å². The molecule has 0 radical (unpaired) electrons. The van der Waals surface area contributed by atoms with E-state index in [-0.39, 0.29) is 5.02 Å². The van der Waals surface area contributed by atoms with Crippen molar-refractivity contribution in [1.29, 1.82) is 0 Å². The van der Waals surface area contributed by atoms with Crippen LogP contribution in [0.2, 0.25) is 15.1 Å². The van der Waals surface area contributed by atoms with E-state index in [4.69, 9.17) is 39.2 Å². The molecule has 2 heterocycles. The fourth-order valence-corrected chi connectivity index (χ4v) is 4.66. The second-order valence-corrected chi connectivity index (χ2v) is 9.21. The van der Waals surface area contributed by atoms with Crippen LogP contribution in [0, 0.1) is 5.82 Å². The Bertz CT molecular complexity index is 1480. The molecule has 0 aliphatic rings. The Morgan fingerprint density at radius 2 is 1.68 bits per heavy atom. The minimum absolute atomic E-state index is 0.0280. The van der Waals surface area contributed by atoms with E-state index >= 15 is 0 Å². The first-order chi connectivity index (χ1) is 16.5. The van der Waals surface area contributed by atoms with Gasteiger partial charge in [-0.25, -0.2) is 4.39 Å². The molecule has 11 heteroatoms. The van der Waals surface area contributed by atoms with Crippen molar-refractivity contribution in [3.8, 4) is 28.5 Å². The maximum absolute atomic E-state index is 13.8. The summed E-state index contributed by atoms with van der Waals surface area (Å²) in [5.74, 6) is 1.10. The van der Waals surface area contributed by atoms with Crippen molar-refractivity contribution in [2.24, 2.45) is 0 Å². The fraction of sp³-hybridized carbons (Fsp3) is 0.0435. The lowest BCUT2D eigenvalue weighted by atomic mass is 10.2. The number of hydrogen-bond donors (Lipinski definition) is 0. The Morgan fingerprint density at radius 1 is 0.853 bits per heavy atom. The predicted octanol–water partition coefficient (Wildman–Crippen LogP) is 7.38. The van der Waals surface area contributed by atoms with Crippen LogP contribution in [0.1, 0.15) is 5.89 Å². The third-order valence-corrected chi connectivity index (χ3v) is 6.53. The van der Waals surface area contributed by atoms with Crippen LogP contribution in [0.3, 0.4) is 0 Å². The molecule has 0 aliphatic heterocycles. The Balaban J connectivity index is 1.50. The molecule has 0 amide bonds. The van der Waals surface area contributed by atoms with Crippen LogP contribution < -0.4 is 0 Å². The van der Waals surface area contributed by atoms with Gasteiger partial charge in [0.15, 0.2) is 11.0 Å². The standard InChI is InChI=1S/C23H13Cl3FN5OS/c24-14-6-8-16(17(25)10-14)21-29-31-23(32(21)15-7-9-19(27)18(26)11-15)34-12-20-28-30-22(33-20)13-4-2-1-3-5-13/h1-11H,12H2. The molecule has 0 saturated heterocycles. The molecule has 0 aliphatic carbocycles. The van der Waals surface area contributed by atoms with Crippen LogP contribution in [0.15, 0.2) is 76.3 Å². The van der Waals surface area contributed by atoms with Crippen molar-refractivity contribution < 1.29 is 8.81 Å². The van der Waals surface area contributed by atoms with Crippen molar-refractivity contribution >= 4 is 46.6 Å². The molecule has 0 bridgehead atoms. The topological polar surface area (TPSA) is 69.6 Å². The molecule has 5 rings (SSSR count). The average Bonchev–Trinajstić information content (AvgIpc) is 3.47. The highest BCUT2D eigenvalue weighted by molar-refractivity contribution is 7.98. The summed E-state index contributed by atoms with van der Waals surface area (Å²) in [6.07, 6.45) is 0. The van der Waals surface area contributed by atoms with E-state index in [0.717, 1.165) is 5.56 Å². The zero-order valence-corrected chi connectivity index (χ0v) is 20.2. The van der Waals surface area contributed by atoms with Gasteiger partial charge in [-0.2, -0.15) is 0 Å². The summed E-state index contributed by atoms with van der Waals surface area (Å²) >= 11 is 19.9. The lowest BCUT2D eigenvalue weighted by Gasteiger charge is -2.11. The normalized spacial score (nSPS) is 11.2. The summed E-state index contributed by atoms with van der Waals surface area (Å²) < 4.78 is 21.4. The van der Waals surface area contributed by atoms with Crippen molar-refractivity contribution in [2.45, 2.75) is 10.9 Å². The molecule has 0 N–H and O–H groups in total. The van der Waals surface area contributed by atoms with Crippen LogP contribution >= 0.6 is 46.6 Å². The molecule has 170 valence electrons. The molecule has 3 aromatic carbocycles. The Morgan fingerprint density at radius 3 is 2.44 bits per heavy atom. The number of benzene rings is 3. The second kappa shape index (κ2) is 9.76. The summed E-state index contributed by atoms with van der Waals surface area (Å²) in [7, 11) is 0. The summed E-state index contributed by atoms with van der Waals surface area (Å²) in [6.45, 7) is 0. The molecule has 0 fully saturated rings. The van der Waals surface area contributed by atoms with Gasteiger partial charge in [0.25, 0.3) is 0 Å². The van der Waals surface area contributed by atoms with E-state index in [1.54, 1.807) is 28.8 Å². The third-order valence-electron chi connectivity index (χ3n) is 4.78. The minimum atomic E-state index is -0.530. The summed E-state index contributed by atoms with van der Waals surface area (Å²) in [4.78, 5) is 0. The van der Waals surface area contributed by atoms with Gasteiger partial charge in [0.1, 0.15) is 5.82 Å². The van der Waals surface area contributed by atoms with Gasteiger partial charge in [-0.15, -0.1) is 20.4 Å². The molecular weight excluding hydrogens is 520 g/mol. The predicted molar refractivity (Wildman–Crippen MR) is 131 cm³/mol. The molecule has 5 aromatic rings. The quantitative estimate of drug-likeness (QED) is 0.213. The molecular formula is C23H13Cl3FN5OS. The van der Waals surface area contributed by atoms with E-state index < -0.39 is 5.82 Å². The van der Waals surface area contributed by atoms with Gasteiger partial charge in [-0.05, 0) is 48.5 Å². The number of nitrogens with zero attached hydrogens (tertiary/aromatic N) is 5. The highest BCUT2D eigenvalue weighted by Crippen LogP contribution is 2.35. The first kappa shape index (κ1) is 22.9. The Kier molecular flexibility index (Phi) is 6.56. The van der Waals surface area contributed by atoms with Gasteiger partial charge in [0.2, 0.25) is 11.8 Å². The van der Waals surface area contributed by atoms with Crippen molar-refractivity contribution in [1.82, 2.24) is 25.0 Å². The van der Waals surface area contributed by atoms with E-state index in [1.807, 2.05) is 30.3 Å². The SMILES string of the molecule is Fc1ccc(-n2c(SCc3nnc(-c4ccccc4)o3)nnc2-c2ccc(Cl)cc2Cl)cc1Cl. The molecule has 2 aromatic heterocycles. The third kappa shape index (κ3) is 4.67. The lowest BCUT2D eigenvalue weighted by Crippen LogP contribution is -2.01. The Labute approximate surface area is 212 Å². The Hall–Kier alpha value is -2.91. The lowest BCUT2D eigenvalue weighted by molar-refractivity contribution is 0.528. The first-order valence-corrected chi connectivity index (χ1v) is 12.0. The van der Waals surface area contributed by atoms with Gasteiger partial charge >= 0.3 is 0 Å². The van der Waals surface area contributed by atoms with Gasteiger partial charge in [0.05, 0.1) is 21.5 Å². The second-order valence-electron chi connectivity index (χ2n) is 7.02. The number of hydrogen-bond acceptors (Lipinski definition) is 6. The van der Waals surface area contributed by atoms with Crippen LogP contribution in [0.5, 0.6) is 0 Å². The maximum Gasteiger partial charge on any atom is 0.247 e. The first-order valence-electron chi connectivity index (χ1n) is 9.86. The maximum atomic E-state index is 13.8. The van der Waals surface area contributed by atoms with Gasteiger partial charge in [-0.3, -0.25) is 4.57 Å². The van der Waals surface area contributed by atoms with Gasteiger partial charge < -0.3 is 4.42 Å². The summed E-state index contributed by atoms with van der Waals surface area (Å²) in [6, 6.07) is 18.9. The van der Waals surface area contributed by atoms with Gasteiger partial charge in [0, 0.05) is 16.1 Å². The largest absolute Gasteiger partial charge is 0.420 e. The fourth-order valence-electron chi connectivity index (χ4n) is 3.20. The highest BCUT2D eigenvalue weighted by Gasteiger charge is 2.20. The van der Waals surface area contributed by atoms with Crippen molar-refractivity contribution in [3.05, 3.63) is 93.5 Å². The zero-order valence-electron chi connectivity index (χ0n) is 17.1. The van der Waals surface area contributed by atoms with E-state index in [2.05, 4.69) is 20.4 Å². The zero-order chi connectivity index (χ0) is 23.7. The van der Waals surface area contributed by atoms with Gasteiger partial charge in [-0.1, -0.05) is 64.8 Å². The van der Waals surface area contributed by atoms with Crippen molar-refractivity contribution in [3.63, 3.8) is 0 Å². The molecule has 0 saturated carbocycles. The van der Waals surface area contributed by atoms with E-state index in [9.17, 15) is 4.39 Å². The van der Waals surface area contributed by atoms with Crippen LogP contribution in [-0.2, 0) is 5.75 Å². The summed E-state index contributed by atoms with van der Waals surface area (Å²) in [5, 5.41) is 18.3. The van der Waals surface area contributed by atoms with Crippen LogP contribution in [0.25, 0.3) is 28.5 Å². The monoisotopic (exact) mass is 531 g/mol. The molecule has 0 spiro atoms. The van der Waals surface area contributed by atoms with Crippen LogP contribution in [0.4, 0.5) is 4.39 Å². The average molecular weight is 533 g/mol. The highest BCUT2D eigenvalue weighted by atomic mass is 35.5. The number of rotatable bonds is 6.